The van der Waals surface area contributed by atoms with Gasteiger partial charge in [0.05, 0.1) is 6.26 Å². The third kappa shape index (κ3) is 4.18. The average molecular weight is 376 g/mol. The van der Waals surface area contributed by atoms with Gasteiger partial charge in [0.2, 0.25) is 10.0 Å². The highest BCUT2D eigenvalue weighted by molar-refractivity contribution is 9.10. The fourth-order valence-corrected chi connectivity index (χ4v) is 3.52. The van der Waals surface area contributed by atoms with E-state index >= 15 is 0 Å². The number of amides is 1. The molecule has 0 aromatic heterocycles. The molecule has 116 valence electrons. The number of halogens is 1. The highest BCUT2D eigenvalue weighted by Crippen LogP contribution is 2.21. The Morgan fingerprint density at radius 1 is 1.38 bits per heavy atom. The van der Waals surface area contributed by atoms with Crippen LogP contribution in [-0.4, -0.2) is 44.0 Å². The third-order valence-corrected chi connectivity index (χ3v) is 5.51. The Hall–Kier alpha value is -1.12. The molecule has 0 atom stereocenters. The molecule has 8 heteroatoms. The molecule has 1 aliphatic rings. The molecule has 1 aliphatic heterocycles. The summed E-state index contributed by atoms with van der Waals surface area (Å²) in [6.07, 6.45) is 2.45. The van der Waals surface area contributed by atoms with E-state index in [0.29, 0.717) is 41.7 Å². The molecule has 21 heavy (non-hydrogen) atoms. The maximum absolute atomic E-state index is 12.2. The summed E-state index contributed by atoms with van der Waals surface area (Å²) < 4.78 is 25.0. The number of anilines is 1. The predicted molar refractivity (Wildman–Crippen MR) is 85.5 cm³/mol. The van der Waals surface area contributed by atoms with Gasteiger partial charge < -0.3 is 11.1 Å². The molecule has 1 amide bonds. The molecule has 1 heterocycles. The fraction of sp³-hybridized carbons (Fsp3) is 0.462. The van der Waals surface area contributed by atoms with Gasteiger partial charge in [0.1, 0.15) is 0 Å². The number of carbonyl (C=O) groups is 1. The first-order valence-corrected chi connectivity index (χ1v) is 9.22. The third-order valence-electron chi connectivity index (χ3n) is 3.52. The minimum absolute atomic E-state index is 0.00757. The standard InChI is InChI=1S/C13H18BrN3O3S/c1-21(19,20)17-6-4-10(5-7-17)16-13(18)9-2-3-12(15)11(14)8-9/h2-3,8,10H,4-7,15H2,1H3,(H,16,18). The zero-order chi connectivity index (χ0) is 15.6. The van der Waals surface area contributed by atoms with Crippen LogP contribution in [0.4, 0.5) is 5.69 Å². The molecular weight excluding hydrogens is 358 g/mol. The van der Waals surface area contributed by atoms with E-state index in [9.17, 15) is 13.2 Å². The van der Waals surface area contributed by atoms with Crippen molar-refractivity contribution in [1.82, 2.24) is 9.62 Å². The molecule has 2 rings (SSSR count). The quantitative estimate of drug-likeness (QED) is 0.775. The number of benzene rings is 1. The fourth-order valence-electron chi connectivity index (χ4n) is 2.27. The minimum atomic E-state index is -3.14. The van der Waals surface area contributed by atoms with Crippen molar-refractivity contribution in [3.63, 3.8) is 0 Å². The first-order chi connectivity index (χ1) is 9.77. The lowest BCUT2D eigenvalue weighted by molar-refractivity contribution is 0.0924. The highest BCUT2D eigenvalue weighted by Gasteiger charge is 2.25. The van der Waals surface area contributed by atoms with Gasteiger partial charge in [0.25, 0.3) is 5.91 Å². The normalized spacial score (nSPS) is 17.6. The number of piperidine rings is 1. The van der Waals surface area contributed by atoms with Gasteiger partial charge >= 0.3 is 0 Å². The summed E-state index contributed by atoms with van der Waals surface area (Å²) in [6, 6.07) is 5.01. The number of nitrogens with one attached hydrogen (secondary N) is 1. The first-order valence-electron chi connectivity index (χ1n) is 6.58. The van der Waals surface area contributed by atoms with Crippen molar-refractivity contribution in [1.29, 1.82) is 0 Å². The summed E-state index contributed by atoms with van der Waals surface area (Å²) in [6.45, 7) is 0.879. The van der Waals surface area contributed by atoms with Crippen molar-refractivity contribution < 1.29 is 13.2 Å². The number of hydrogen-bond donors (Lipinski definition) is 2. The number of nitrogen functional groups attached to an aromatic ring is 1. The van der Waals surface area contributed by atoms with Gasteiger partial charge in [-0.05, 0) is 47.0 Å². The van der Waals surface area contributed by atoms with Crippen LogP contribution in [0.3, 0.4) is 0 Å². The second-order valence-electron chi connectivity index (χ2n) is 5.15. The van der Waals surface area contributed by atoms with Crippen LogP contribution < -0.4 is 11.1 Å². The predicted octanol–water partition coefficient (Wildman–Crippen LogP) is 1.19. The van der Waals surface area contributed by atoms with Crippen LogP contribution in [0.15, 0.2) is 22.7 Å². The van der Waals surface area contributed by atoms with Crippen molar-refractivity contribution in [2.75, 3.05) is 25.1 Å². The molecular formula is C13H18BrN3O3S. The Balaban J connectivity index is 1.94. The zero-order valence-corrected chi connectivity index (χ0v) is 14.1. The summed E-state index contributed by atoms with van der Waals surface area (Å²) in [4.78, 5) is 12.2. The summed E-state index contributed by atoms with van der Waals surface area (Å²) in [5.74, 6) is -0.173. The number of sulfonamides is 1. The SMILES string of the molecule is CS(=O)(=O)N1CCC(NC(=O)c2ccc(N)c(Br)c2)CC1. The van der Waals surface area contributed by atoms with E-state index in [1.165, 1.54) is 10.6 Å². The largest absolute Gasteiger partial charge is 0.398 e. The molecule has 0 spiro atoms. The van der Waals surface area contributed by atoms with Crippen LogP contribution in [0.25, 0.3) is 0 Å². The Morgan fingerprint density at radius 2 is 2.00 bits per heavy atom. The zero-order valence-electron chi connectivity index (χ0n) is 11.7. The second kappa shape index (κ2) is 6.33. The van der Waals surface area contributed by atoms with Crippen LogP contribution in [0, 0.1) is 0 Å². The van der Waals surface area contributed by atoms with Crippen LogP contribution in [-0.2, 0) is 10.0 Å². The van der Waals surface area contributed by atoms with E-state index in [-0.39, 0.29) is 11.9 Å². The molecule has 1 saturated heterocycles. The van der Waals surface area contributed by atoms with Crippen molar-refractivity contribution in [3.05, 3.63) is 28.2 Å². The monoisotopic (exact) mass is 375 g/mol. The summed E-state index contributed by atoms with van der Waals surface area (Å²) in [5.41, 5.74) is 6.79. The number of nitrogens with two attached hydrogens (primary N) is 1. The molecule has 0 radical (unpaired) electrons. The van der Waals surface area contributed by atoms with Gasteiger partial charge in [0, 0.05) is 34.9 Å². The molecule has 0 saturated carbocycles. The Labute approximate surface area is 132 Å². The first kappa shape index (κ1) is 16.3. The molecule has 0 bridgehead atoms. The average Bonchev–Trinajstić information content (AvgIpc) is 2.41. The Kier molecular flexibility index (Phi) is 4.90. The number of nitrogens with zero attached hydrogens (tertiary/aromatic N) is 1. The number of rotatable bonds is 3. The van der Waals surface area contributed by atoms with E-state index in [1.54, 1.807) is 18.2 Å². The molecule has 6 nitrogen and oxygen atoms in total. The van der Waals surface area contributed by atoms with E-state index < -0.39 is 10.0 Å². The van der Waals surface area contributed by atoms with Gasteiger partial charge in [0.15, 0.2) is 0 Å². The van der Waals surface area contributed by atoms with E-state index in [4.69, 9.17) is 5.73 Å². The van der Waals surface area contributed by atoms with Gasteiger partial charge in [-0.2, -0.15) is 0 Å². The minimum Gasteiger partial charge on any atom is -0.398 e. The van der Waals surface area contributed by atoms with Crippen LogP contribution >= 0.6 is 15.9 Å². The van der Waals surface area contributed by atoms with Gasteiger partial charge in [-0.25, -0.2) is 12.7 Å². The molecule has 3 N–H and O–H groups in total. The maximum Gasteiger partial charge on any atom is 0.251 e. The Morgan fingerprint density at radius 3 is 2.52 bits per heavy atom. The molecule has 1 aromatic carbocycles. The molecule has 1 aromatic rings. The van der Waals surface area contributed by atoms with Crippen molar-refractivity contribution >= 4 is 37.5 Å². The summed E-state index contributed by atoms with van der Waals surface area (Å²) in [5, 5.41) is 2.93. The van der Waals surface area contributed by atoms with Gasteiger partial charge in [-0.1, -0.05) is 0 Å². The van der Waals surface area contributed by atoms with Crippen LogP contribution in [0.5, 0.6) is 0 Å². The van der Waals surface area contributed by atoms with E-state index in [0.717, 1.165) is 0 Å². The van der Waals surface area contributed by atoms with Gasteiger partial charge in [-0.15, -0.1) is 0 Å². The molecule has 1 fully saturated rings. The van der Waals surface area contributed by atoms with Gasteiger partial charge in [-0.3, -0.25) is 4.79 Å². The maximum atomic E-state index is 12.2. The van der Waals surface area contributed by atoms with Crippen molar-refractivity contribution in [3.8, 4) is 0 Å². The van der Waals surface area contributed by atoms with Crippen LogP contribution in [0.2, 0.25) is 0 Å². The smallest absolute Gasteiger partial charge is 0.251 e. The number of carbonyl (C=O) groups excluding carboxylic acids is 1. The van der Waals surface area contributed by atoms with E-state index in [2.05, 4.69) is 21.2 Å². The lowest BCUT2D eigenvalue weighted by Crippen LogP contribution is -2.46. The Bertz CT molecular complexity index is 640. The summed E-state index contributed by atoms with van der Waals surface area (Å²) in [7, 11) is -3.14. The number of hydrogen-bond acceptors (Lipinski definition) is 4. The van der Waals surface area contributed by atoms with Crippen LogP contribution in [0.1, 0.15) is 23.2 Å². The highest BCUT2D eigenvalue weighted by atomic mass is 79.9. The summed E-state index contributed by atoms with van der Waals surface area (Å²) >= 11 is 3.29. The lowest BCUT2D eigenvalue weighted by atomic mass is 10.1. The topological polar surface area (TPSA) is 92.5 Å². The molecule has 0 aliphatic carbocycles. The van der Waals surface area contributed by atoms with Crippen molar-refractivity contribution in [2.24, 2.45) is 0 Å². The van der Waals surface area contributed by atoms with Crippen molar-refractivity contribution in [2.45, 2.75) is 18.9 Å². The van der Waals surface area contributed by atoms with E-state index in [1.807, 2.05) is 0 Å². The molecule has 0 unspecified atom stereocenters. The lowest BCUT2D eigenvalue weighted by Gasteiger charge is -2.30. The second-order valence-corrected chi connectivity index (χ2v) is 7.98.